The maximum atomic E-state index is 13.8. The highest BCUT2D eigenvalue weighted by Gasteiger charge is 2.38. The largest absolute Gasteiger partial charge is 0.463 e. The molecule has 0 radical (unpaired) electrons. The first kappa shape index (κ1) is 35.3. The fraction of sp³-hybridized carbons (Fsp3) is 0.469. The Hall–Kier alpha value is -2.92. The summed E-state index contributed by atoms with van der Waals surface area (Å²) in [6.07, 6.45) is 3.56. The molecule has 2 aromatic rings. The number of esters is 1. The average molecular weight is 615 g/mol. The van der Waals surface area contributed by atoms with Gasteiger partial charge in [0, 0.05) is 25.5 Å². The average Bonchev–Trinajstić information content (AvgIpc) is 2.93. The highest BCUT2D eigenvalue weighted by molar-refractivity contribution is 7.99. The summed E-state index contributed by atoms with van der Waals surface area (Å²) < 4.78 is 11.3. The fourth-order valence-electron chi connectivity index (χ4n) is 3.72. The number of nitrogens with zero attached hydrogens (tertiary/aromatic N) is 1. The zero-order valence-corrected chi connectivity index (χ0v) is 28.0. The number of hydrazine groups is 1. The molecule has 2 rings (SSSR count). The topological polar surface area (TPSA) is 94.2 Å². The van der Waals surface area contributed by atoms with Gasteiger partial charge in [-0.1, -0.05) is 68.4 Å². The molecule has 0 spiro atoms. The number of hydrogen-bond donors (Lipinski definition) is 1. The van der Waals surface area contributed by atoms with Gasteiger partial charge in [0.05, 0.1) is 17.6 Å². The molecule has 0 aromatic heterocycles. The second-order valence-corrected chi connectivity index (χ2v) is 17.7. The Morgan fingerprint density at radius 1 is 1.00 bits per heavy atom. The van der Waals surface area contributed by atoms with Crippen LogP contribution in [0.15, 0.2) is 60.7 Å². The molecule has 2 aromatic carbocycles. The third-order valence-electron chi connectivity index (χ3n) is 7.45. The number of carbonyl (C=O) groups excluding carboxylic acids is 3. The number of hydroxylamine groups is 1. The van der Waals surface area contributed by atoms with Crippen LogP contribution in [-0.2, 0) is 29.0 Å². The molecule has 0 heterocycles. The first-order valence-corrected chi connectivity index (χ1v) is 18.2. The summed E-state index contributed by atoms with van der Waals surface area (Å²) >= 11 is 1.74. The number of amides is 1. The Kier molecular flexibility index (Phi) is 13.5. The van der Waals surface area contributed by atoms with E-state index in [-0.39, 0.29) is 10.9 Å². The van der Waals surface area contributed by atoms with Crippen LogP contribution >= 0.6 is 11.8 Å². The third-order valence-corrected chi connectivity index (χ3v) is 12.9. The lowest BCUT2D eigenvalue weighted by atomic mass is 9.78. The van der Waals surface area contributed by atoms with Crippen molar-refractivity contribution in [2.75, 3.05) is 31.8 Å². The van der Waals surface area contributed by atoms with E-state index in [1.165, 1.54) is 13.1 Å². The van der Waals surface area contributed by atoms with Crippen molar-refractivity contribution in [1.82, 2.24) is 10.6 Å². The van der Waals surface area contributed by atoms with Gasteiger partial charge in [0.1, 0.15) is 0 Å². The standard InChI is InChI=1S/C32H46N2O6SSi/c1-9-38-28(35)19-18-25-14-13-17-27(24-25)32(5,20-22-41-23-21-39-42(7,8)31(2,3)4)30(37)33-34(6)40-29(36)26-15-11-10-12-16-26/h10-19,24H,9,20-23H2,1-8H3,(H,33,37)/b19-18+. The molecule has 0 aliphatic carbocycles. The highest BCUT2D eigenvalue weighted by atomic mass is 32.2. The van der Waals surface area contributed by atoms with E-state index in [0.29, 0.717) is 31.0 Å². The maximum Gasteiger partial charge on any atom is 0.358 e. The lowest BCUT2D eigenvalue weighted by Crippen LogP contribution is -2.50. The second-order valence-electron chi connectivity index (χ2n) is 11.7. The summed E-state index contributed by atoms with van der Waals surface area (Å²) in [7, 11) is -0.344. The van der Waals surface area contributed by atoms with Gasteiger partial charge in [0.15, 0.2) is 8.32 Å². The number of hydrogen-bond acceptors (Lipinski definition) is 8. The Balaban J connectivity index is 2.16. The molecular formula is C32H46N2O6SSi. The van der Waals surface area contributed by atoms with Gasteiger partial charge < -0.3 is 14.0 Å². The number of rotatable bonds is 15. The van der Waals surface area contributed by atoms with Crippen LogP contribution in [-0.4, -0.2) is 63.1 Å². The van der Waals surface area contributed by atoms with E-state index in [4.69, 9.17) is 14.0 Å². The van der Waals surface area contributed by atoms with Crippen LogP contribution in [0.5, 0.6) is 0 Å². The molecule has 0 aliphatic rings. The number of nitrogens with one attached hydrogen (secondary N) is 1. The highest BCUT2D eigenvalue weighted by Crippen LogP contribution is 2.36. The minimum Gasteiger partial charge on any atom is -0.463 e. The van der Waals surface area contributed by atoms with Crippen LogP contribution in [0.3, 0.4) is 0 Å². The minimum atomic E-state index is -1.82. The molecule has 1 atom stereocenters. The minimum absolute atomic E-state index is 0.150. The molecule has 1 unspecified atom stereocenters. The van der Waals surface area contributed by atoms with E-state index in [9.17, 15) is 14.4 Å². The van der Waals surface area contributed by atoms with Crippen molar-refractivity contribution in [2.45, 2.75) is 64.6 Å². The molecule has 0 bridgehead atoms. The molecule has 1 amide bonds. The number of carbonyl (C=O) groups is 3. The second kappa shape index (κ2) is 16.1. The van der Waals surface area contributed by atoms with Gasteiger partial charge in [-0.2, -0.15) is 11.8 Å². The first-order valence-electron chi connectivity index (χ1n) is 14.2. The first-order chi connectivity index (χ1) is 19.7. The smallest absolute Gasteiger partial charge is 0.358 e. The van der Waals surface area contributed by atoms with Crippen molar-refractivity contribution in [3.63, 3.8) is 0 Å². The van der Waals surface area contributed by atoms with Gasteiger partial charge in [-0.25, -0.2) is 9.59 Å². The zero-order chi connectivity index (χ0) is 31.4. The monoisotopic (exact) mass is 614 g/mol. The Morgan fingerprint density at radius 3 is 2.33 bits per heavy atom. The van der Waals surface area contributed by atoms with Crippen LogP contribution in [0.4, 0.5) is 0 Å². The van der Waals surface area contributed by atoms with Crippen LogP contribution in [0, 0.1) is 0 Å². The van der Waals surface area contributed by atoms with E-state index >= 15 is 0 Å². The molecule has 10 heteroatoms. The van der Waals surface area contributed by atoms with Crippen LogP contribution < -0.4 is 5.43 Å². The fourth-order valence-corrected chi connectivity index (χ4v) is 5.87. The van der Waals surface area contributed by atoms with Crippen molar-refractivity contribution in [3.05, 3.63) is 77.4 Å². The molecule has 0 saturated heterocycles. The van der Waals surface area contributed by atoms with Gasteiger partial charge in [-0.15, -0.1) is 0 Å². The van der Waals surface area contributed by atoms with E-state index in [1.54, 1.807) is 55.1 Å². The lowest BCUT2D eigenvalue weighted by molar-refractivity contribution is -0.158. The Bertz CT molecular complexity index is 1210. The quantitative estimate of drug-likeness (QED) is 0.0810. The number of benzene rings is 2. The van der Waals surface area contributed by atoms with Gasteiger partial charge in [0.25, 0.3) is 0 Å². The molecule has 0 saturated carbocycles. The van der Waals surface area contributed by atoms with E-state index < -0.39 is 25.7 Å². The van der Waals surface area contributed by atoms with Crippen molar-refractivity contribution >= 4 is 44.0 Å². The lowest BCUT2D eigenvalue weighted by Gasteiger charge is -2.36. The summed E-state index contributed by atoms with van der Waals surface area (Å²) in [6.45, 7) is 15.7. The van der Waals surface area contributed by atoms with Crippen molar-refractivity contribution < 1.29 is 28.4 Å². The summed E-state index contributed by atoms with van der Waals surface area (Å²) in [5.74, 6) is 0.197. The van der Waals surface area contributed by atoms with Gasteiger partial charge >= 0.3 is 11.9 Å². The van der Waals surface area contributed by atoms with E-state index in [1.807, 2.05) is 31.2 Å². The van der Waals surface area contributed by atoms with Gasteiger partial charge in [-0.05, 0) is 73.5 Å². The van der Waals surface area contributed by atoms with Crippen molar-refractivity contribution in [3.8, 4) is 0 Å². The van der Waals surface area contributed by atoms with E-state index in [2.05, 4.69) is 39.3 Å². The molecular weight excluding hydrogens is 569 g/mol. The molecule has 1 N–H and O–H groups in total. The number of ether oxygens (including phenoxy) is 1. The van der Waals surface area contributed by atoms with Crippen LogP contribution in [0.25, 0.3) is 6.08 Å². The van der Waals surface area contributed by atoms with E-state index in [0.717, 1.165) is 22.1 Å². The van der Waals surface area contributed by atoms with Gasteiger partial charge in [-0.3, -0.25) is 10.2 Å². The summed E-state index contributed by atoms with van der Waals surface area (Å²) in [5.41, 5.74) is 3.67. The summed E-state index contributed by atoms with van der Waals surface area (Å²) in [6, 6.07) is 16.1. The number of thioether (sulfide) groups is 1. The zero-order valence-electron chi connectivity index (χ0n) is 26.2. The molecule has 0 fully saturated rings. The molecule has 8 nitrogen and oxygen atoms in total. The van der Waals surface area contributed by atoms with Gasteiger partial charge in [0.2, 0.25) is 5.91 Å². The Labute approximate surface area is 256 Å². The Morgan fingerprint density at radius 2 is 1.69 bits per heavy atom. The molecule has 0 aliphatic heterocycles. The summed E-state index contributed by atoms with van der Waals surface area (Å²) in [5, 5.41) is 1.19. The maximum absolute atomic E-state index is 13.8. The van der Waals surface area contributed by atoms with Crippen LogP contribution in [0.1, 0.15) is 62.5 Å². The van der Waals surface area contributed by atoms with Crippen LogP contribution in [0.2, 0.25) is 18.1 Å². The molecule has 230 valence electrons. The normalized spacial score (nSPS) is 13.5. The van der Waals surface area contributed by atoms with Crippen molar-refractivity contribution in [2.24, 2.45) is 0 Å². The van der Waals surface area contributed by atoms with Crippen molar-refractivity contribution in [1.29, 1.82) is 0 Å². The predicted octanol–water partition coefficient (Wildman–Crippen LogP) is 6.40. The third kappa shape index (κ3) is 10.7. The SMILES string of the molecule is CCOC(=O)/C=C/c1cccc(C(C)(CCSCCO[Si](C)(C)C(C)(C)C)C(=O)NN(C)OC(=O)c2ccccc2)c1. The predicted molar refractivity (Wildman–Crippen MR) is 172 cm³/mol. The molecule has 42 heavy (non-hydrogen) atoms. The summed E-state index contributed by atoms with van der Waals surface area (Å²) in [4.78, 5) is 43.4.